The number of anilines is 1. The van der Waals surface area contributed by atoms with Crippen LogP contribution in [0.3, 0.4) is 0 Å². The number of rotatable bonds is 2. The summed E-state index contributed by atoms with van der Waals surface area (Å²) >= 11 is 0. The van der Waals surface area contributed by atoms with Crippen LogP contribution in [0, 0.1) is 6.92 Å². The van der Waals surface area contributed by atoms with E-state index in [1.807, 2.05) is 55.5 Å². The summed E-state index contributed by atoms with van der Waals surface area (Å²) in [6.07, 6.45) is 0. The van der Waals surface area contributed by atoms with E-state index in [0.29, 0.717) is 11.5 Å². The molecule has 6 heteroatoms. The highest BCUT2D eigenvalue weighted by molar-refractivity contribution is 5.96. The molecule has 4 aromatic rings. The Morgan fingerprint density at radius 3 is 2.50 bits per heavy atom. The van der Waals surface area contributed by atoms with Gasteiger partial charge in [0.1, 0.15) is 5.75 Å². The van der Waals surface area contributed by atoms with Gasteiger partial charge in [-0.2, -0.15) is 4.52 Å². The standard InChI is InChI=1S/C16H13N5O/c1-10-6-2-5-9-13(10)22-15-12-8-4-3-7-11(12)14-18-19-16(17)21(14)20-15/h2-9H,1H3,(H2,17,19). The van der Waals surface area contributed by atoms with Crippen molar-refractivity contribution < 1.29 is 4.74 Å². The van der Waals surface area contributed by atoms with Gasteiger partial charge in [-0.25, -0.2) is 0 Å². The van der Waals surface area contributed by atoms with Crippen molar-refractivity contribution in [2.24, 2.45) is 0 Å². The number of aryl methyl sites for hydroxylation is 1. The van der Waals surface area contributed by atoms with E-state index in [2.05, 4.69) is 15.3 Å². The van der Waals surface area contributed by atoms with Gasteiger partial charge in [-0.3, -0.25) is 0 Å². The molecule has 2 aromatic carbocycles. The maximum absolute atomic E-state index is 6.01. The van der Waals surface area contributed by atoms with Crippen molar-refractivity contribution in [2.75, 3.05) is 5.73 Å². The third-order valence-corrected chi connectivity index (χ3v) is 3.55. The van der Waals surface area contributed by atoms with Crippen LogP contribution in [-0.2, 0) is 0 Å². The molecule has 0 saturated carbocycles. The number of aromatic nitrogens is 4. The van der Waals surface area contributed by atoms with Gasteiger partial charge in [0.25, 0.3) is 0 Å². The molecule has 0 spiro atoms. The molecule has 2 heterocycles. The van der Waals surface area contributed by atoms with Gasteiger partial charge >= 0.3 is 0 Å². The SMILES string of the molecule is Cc1ccccc1Oc1nn2c(N)nnc2c2ccccc12. The second-order valence-electron chi connectivity index (χ2n) is 5.01. The molecule has 0 aliphatic carbocycles. The highest BCUT2D eigenvalue weighted by Gasteiger charge is 2.14. The van der Waals surface area contributed by atoms with Crippen molar-refractivity contribution in [3.8, 4) is 11.6 Å². The molecule has 6 nitrogen and oxygen atoms in total. The molecule has 108 valence electrons. The number of benzene rings is 2. The summed E-state index contributed by atoms with van der Waals surface area (Å²) in [6, 6.07) is 15.6. The number of hydrogen-bond donors (Lipinski definition) is 1. The third-order valence-electron chi connectivity index (χ3n) is 3.55. The number of fused-ring (bicyclic) bond motifs is 3. The van der Waals surface area contributed by atoms with Crippen LogP contribution in [0.4, 0.5) is 5.95 Å². The highest BCUT2D eigenvalue weighted by atomic mass is 16.5. The first-order valence-corrected chi connectivity index (χ1v) is 6.87. The molecule has 0 bridgehead atoms. The quantitative estimate of drug-likeness (QED) is 0.614. The number of para-hydroxylation sites is 1. The molecular formula is C16H13N5O. The first-order valence-electron chi connectivity index (χ1n) is 6.87. The van der Waals surface area contributed by atoms with Crippen molar-refractivity contribution in [3.05, 3.63) is 54.1 Å². The fraction of sp³-hybridized carbons (Fsp3) is 0.0625. The molecule has 2 N–H and O–H groups in total. The Morgan fingerprint density at radius 2 is 1.68 bits per heavy atom. The van der Waals surface area contributed by atoms with Crippen molar-refractivity contribution in [1.82, 2.24) is 19.8 Å². The lowest BCUT2D eigenvalue weighted by Gasteiger charge is -2.10. The molecule has 0 fully saturated rings. The molecular weight excluding hydrogens is 278 g/mol. The Balaban J connectivity index is 1.99. The van der Waals surface area contributed by atoms with Gasteiger partial charge in [0.15, 0.2) is 5.65 Å². The Bertz CT molecular complexity index is 992. The van der Waals surface area contributed by atoms with Crippen LogP contribution in [0.1, 0.15) is 5.56 Å². The van der Waals surface area contributed by atoms with Gasteiger partial charge in [0.05, 0.1) is 0 Å². The van der Waals surface area contributed by atoms with E-state index in [-0.39, 0.29) is 5.95 Å². The fourth-order valence-electron chi connectivity index (χ4n) is 2.42. The van der Waals surface area contributed by atoms with Crippen LogP contribution in [0.5, 0.6) is 11.6 Å². The van der Waals surface area contributed by atoms with Crippen LogP contribution >= 0.6 is 0 Å². The molecule has 0 aliphatic heterocycles. The zero-order valence-corrected chi connectivity index (χ0v) is 11.9. The minimum atomic E-state index is 0.232. The van der Waals surface area contributed by atoms with Gasteiger partial charge < -0.3 is 10.5 Å². The molecule has 0 unspecified atom stereocenters. The molecule has 2 aromatic heterocycles. The van der Waals surface area contributed by atoms with Crippen molar-refractivity contribution >= 4 is 22.4 Å². The van der Waals surface area contributed by atoms with Gasteiger partial charge in [-0.05, 0) is 24.6 Å². The van der Waals surface area contributed by atoms with E-state index in [0.717, 1.165) is 22.1 Å². The normalized spacial score (nSPS) is 11.1. The predicted molar refractivity (Wildman–Crippen MR) is 84.0 cm³/mol. The van der Waals surface area contributed by atoms with Gasteiger partial charge in [0.2, 0.25) is 11.8 Å². The highest BCUT2D eigenvalue weighted by Crippen LogP contribution is 2.31. The van der Waals surface area contributed by atoms with E-state index in [4.69, 9.17) is 10.5 Å². The lowest BCUT2D eigenvalue weighted by atomic mass is 10.2. The lowest BCUT2D eigenvalue weighted by Crippen LogP contribution is -2.02. The van der Waals surface area contributed by atoms with Gasteiger partial charge in [0, 0.05) is 10.8 Å². The fourth-order valence-corrected chi connectivity index (χ4v) is 2.42. The molecule has 0 amide bonds. The zero-order chi connectivity index (χ0) is 15.1. The van der Waals surface area contributed by atoms with Crippen LogP contribution in [0.2, 0.25) is 0 Å². The summed E-state index contributed by atoms with van der Waals surface area (Å²) in [7, 11) is 0. The van der Waals surface area contributed by atoms with Crippen LogP contribution in [0.25, 0.3) is 16.4 Å². The maximum atomic E-state index is 6.01. The second kappa shape index (κ2) is 4.70. The first-order chi connectivity index (χ1) is 10.7. The summed E-state index contributed by atoms with van der Waals surface area (Å²) < 4.78 is 7.51. The maximum Gasteiger partial charge on any atom is 0.245 e. The average molecular weight is 291 g/mol. The topological polar surface area (TPSA) is 78.3 Å². The number of hydrogen-bond acceptors (Lipinski definition) is 5. The Hall–Kier alpha value is -3.15. The van der Waals surface area contributed by atoms with E-state index >= 15 is 0 Å². The largest absolute Gasteiger partial charge is 0.437 e. The molecule has 22 heavy (non-hydrogen) atoms. The number of nitrogens with zero attached hydrogens (tertiary/aromatic N) is 4. The Morgan fingerprint density at radius 1 is 0.955 bits per heavy atom. The summed E-state index contributed by atoms with van der Waals surface area (Å²) in [6.45, 7) is 1.99. The summed E-state index contributed by atoms with van der Waals surface area (Å²) in [5.41, 5.74) is 7.48. The Kier molecular flexibility index (Phi) is 2.69. The molecule has 0 aliphatic rings. The third kappa shape index (κ3) is 1.85. The molecule has 0 saturated heterocycles. The van der Waals surface area contributed by atoms with E-state index < -0.39 is 0 Å². The zero-order valence-electron chi connectivity index (χ0n) is 11.9. The first kappa shape index (κ1) is 12.6. The summed E-state index contributed by atoms with van der Waals surface area (Å²) in [5, 5.41) is 14.2. The van der Waals surface area contributed by atoms with Crippen molar-refractivity contribution in [3.63, 3.8) is 0 Å². The van der Waals surface area contributed by atoms with Crippen LogP contribution < -0.4 is 10.5 Å². The Labute approximate surface area is 126 Å². The van der Waals surface area contributed by atoms with Crippen LogP contribution in [0.15, 0.2) is 48.5 Å². The predicted octanol–water partition coefficient (Wildman–Crippen LogP) is 2.96. The minimum absolute atomic E-state index is 0.232. The number of ether oxygens (including phenoxy) is 1. The second-order valence-corrected chi connectivity index (χ2v) is 5.01. The summed E-state index contributed by atoms with van der Waals surface area (Å²) in [4.78, 5) is 0. The monoisotopic (exact) mass is 291 g/mol. The van der Waals surface area contributed by atoms with Gasteiger partial charge in [-0.15, -0.1) is 15.3 Å². The number of nitrogens with two attached hydrogens (primary N) is 1. The average Bonchev–Trinajstić information content (AvgIpc) is 2.91. The summed E-state index contributed by atoms with van der Waals surface area (Å²) in [5.74, 6) is 1.46. The van der Waals surface area contributed by atoms with Crippen molar-refractivity contribution in [2.45, 2.75) is 6.92 Å². The molecule has 0 atom stereocenters. The lowest BCUT2D eigenvalue weighted by molar-refractivity contribution is 0.456. The van der Waals surface area contributed by atoms with E-state index in [1.54, 1.807) is 0 Å². The minimum Gasteiger partial charge on any atom is -0.437 e. The number of nitrogen functional groups attached to an aromatic ring is 1. The van der Waals surface area contributed by atoms with Crippen molar-refractivity contribution in [1.29, 1.82) is 0 Å². The van der Waals surface area contributed by atoms with Gasteiger partial charge in [-0.1, -0.05) is 36.4 Å². The molecule has 0 radical (unpaired) electrons. The van der Waals surface area contributed by atoms with E-state index in [1.165, 1.54) is 4.52 Å². The van der Waals surface area contributed by atoms with Crippen LogP contribution in [-0.4, -0.2) is 19.8 Å². The molecule has 4 rings (SSSR count). The smallest absolute Gasteiger partial charge is 0.245 e. The van der Waals surface area contributed by atoms with E-state index in [9.17, 15) is 0 Å².